The van der Waals surface area contributed by atoms with Crippen LogP contribution >= 0.6 is 0 Å². The van der Waals surface area contributed by atoms with Gasteiger partial charge >= 0.3 is 0 Å². The van der Waals surface area contributed by atoms with Gasteiger partial charge in [-0.05, 0) is 5.56 Å². The summed E-state index contributed by atoms with van der Waals surface area (Å²) in [5, 5.41) is 9.47. The van der Waals surface area contributed by atoms with E-state index >= 15 is 0 Å². The van der Waals surface area contributed by atoms with Crippen molar-refractivity contribution in [3.63, 3.8) is 0 Å². The summed E-state index contributed by atoms with van der Waals surface area (Å²) < 4.78 is 5.35. The fourth-order valence-electron chi connectivity index (χ4n) is 3.05. The van der Waals surface area contributed by atoms with Crippen LogP contribution in [0.1, 0.15) is 5.56 Å². The Morgan fingerprint density at radius 2 is 2.06 bits per heavy atom. The van der Waals surface area contributed by atoms with Crippen LogP contribution in [0.5, 0.6) is 0 Å². The zero-order valence-electron chi connectivity index (χ0n) is 10.0. The molecule has 2 heterocycles. The van der Waals surface area contributed by atoms with Gasteiger partial charge in [-0.1, -0.05) is 30.3 Å². The Bertz CT molecular complexity index is 375. The van der Waals surface area contributed by atoms with Crippen LogP contribution < -0.4 is 0 Å². The molecule has 1 unspecified atom stereocenters. The van der Waals surface area contributed by atoms with Crippen molar-refractivity contribution in [1.29, 1.82) is 0 Å². The summed E-state index contributed by atoms with van der Waals surface area (Å²) in [5.41, 5.74) is 1.59. The van der Waals surface area contributed by atoms with Crippen LogP contribution in [0.15, 0.2) is 30.3 Å². The van der Waals surface area contributed by atoms with E-state index in [1.54, 1.807) is 0 Å². The molecule has 0 amide bonds. The van der Waals surface area contributed by atoms with E-state index in [0.717, 1.165) is 32.8 Å². The predicted molar refractivity (Wildman–Crippen MR) is 65.5 cm³/mol. The van der Waals surface area contributed by atoms with Gasteiger partial charge in [0.25, 0.3) is 0 Å². The summed E-state index contributed by atoms with van der Waals surface area (Å²) in [6, 6.07) is 10.5. The van der Waals surface area contributed by atoms with Crippen molar-refractivity contribution < 1.29 is 9.84 Å². The summed E-state index contributed by atoms with van der Waals surface area (Å²) >= 11 is 0. The molecular weight excluding hydrogens is 214 g/mol. The first kappa shape index (κ1) is 11.2. The Hall–Kier alpha value is -0.900. The maximum Gasteiger partial charge on any atom is 0.0561 e. The fourth-order valence-corrected chi connectivity index (χ4v) is 3.05. The highest BCUT2D eigenvalue weighted by Crippen LogP contribution is 2.42. The number of benzene rings is 1. The molecule has 3 heteroatoms. The van der Waals surface area contributed by atoms with Crippen molar-refractivity contribution in [3.05, 3.63) is 35.9 Å². The molecule has 3 rings (SSSR count). The molecule has 1 atom stereocenters. The zero-order valence-corrected chi connectivity index (χ0v) is 10.0. The molecule has 1 aromatic carbocycles. The van der Waals surface area contributed by atoms with Crippen molar-refractivity contribution in [1.82, 2.24) is 4.90 Å². The lowest BCUT2D eigenvalue weighted by molar-refractivity contribution is -0.134. The normalized spacial score (nSPS) is 27.2. The second kappa shape index (κ2) is 4.41. The van der Waals surface area contributed by atoms with E-state index in [-0.39, 0.29) is 12.0 Å². The summed E-state index contributed by atoms with van der Waals surface area (Å²) in [4.78, 5) is 2.44. The fraction of sp³-hybridized carbons (Fsp3) is 0.571. The highest BCUT2D eigenvalue weighted by atomic mass is 16.5. The van der Waals surface area contributed by atoms with Gasteiger partial charge in [-0.25, -0.2) is 0 Å². The molecule has 2 saturated heterocycles. The number of aliphatic hydroxyl groups excluding tert-OH is 1. The first-order chi connectivity index (χ1) is 8.32. The van der Waals surface area contributed by atoms with Crippen LogP contribution in [0.3, 0.4) is 0 Å². The highest BCUT2D eigenvalue weighted by Gasteiger charge is 2.51. The van der Waals surface area contributed by atoms with Gasteiger partial charge in [0.1, 0.15) is 0 Å². The molecule has 2 aliphatic heterocycles. The van der Waals surface area contributed by atoms with E-state index < -0.39 is 0 Å². The average molecular weight is 233 g/mol. The monoisotopic (exact) mass is 233 g/mol. The average Bonchev–Trinajstić information content (AvgIpc) is 2.69. The van der Waals surface area contributed by atoms with Gasteiger partial charge in [0.05, 0.1) is 13.2 Å². The third kappa shape index (κ3) is 1.99. The Labute approximate surface area is 102 Å². The van der Waals surface area contributed by atoms with Gasteiger partial charge in [-0.3, -0.25) is 4.90 Å². The summed E-state index contributed by atoms with van der Waals surface area (Å²) in [6.45, 7) is 4.97. The molecule has 0 radical (unpaired) electrons. The van der Waals surface area contributed by atoms with Crippen LogP contribution in [0, 0.1) is 11.3 Å². The molecule has 2 fully saturated rings. The molecule has 0 saturated carbocycles. The van der Waals surface area contributed by atoms with E-state index in [1.165, 1.54) is 5.56 Å². The van der Waals surface area contributed by atoms with E-state index in [2.05, 4.69) is 29.2 Å². The van der Waals surface area contributed by atoms with Crippen molar-refractivity contribution in [3.8, 4) is 0 Å². The minimum Gasteiger partial charge on any atom is -0.396 e. The van der Waals surface area contributed by atoms with Crippen LogP contribution in [-0.4, -0.2) is 42.9 Å². The Morgan fingerprint density at radius 3 is 2.59 bits per heavy atom. The molecule has 2 aliphatic rings. The SMILES string of the molecule is OCC1CN(Cc2ccccc2)CC12COC2. The molecule has 1 spiro atoms. The van der Waals surface area contributed by atoms with Gasteiger partial charge in [-0.2, -0.15) is 0 Å². The topological polar surface area (TPSA) is 32.7 Å². The summed E-state index contributed by atoms with van der Waals surface area (Å²) in [5.74, 6) is 0.389. The molecule has 1 aromatic rings. The van der Waals surface area contributed by atoms with Gasteiger partial charge in [0.2, 0.25) is 0 Å². The maximum atomic E-state index is 9.47. The number of hydrogen-bond acceptors (Lipinski definition) is 3. The van der Waals surface area contributed by atoms with E-state index in [1.807, 2.05) is 6.07 Å². The van der Waals surface area contributed by atoms with Crippen molar-refractivity contribution in [2.45, 2.75) is 6.54 Å². The number of nitrogens with zero attached hydrogens (tertiary/aromatic N) is 1. The van der Waals surface area contributed by atoms with E-state index in [9.17, 15) is 5.11 Å². The molecule has 0 bridgehead atoms. The minimum atomic E-state index is 0.240. The van der Waals surface area contributed by atoms with E-state index in [4.69, 9.17) is 4.74 Å². The number of ether oxygens (including phenoxy) is 1. The Kier molecular flexibility index (Phi) is 2.90. The first-order valence-corrected chi connectivity index (χ1v) is 6.27. The van der Waals surface area contributed by atoms with Gasteiger partial charge in [-0.15, -0.1) is 0 Å². The lowest BCUT2D eigenvalue weighted by Crippen LogP contribution is -2.49. The number of likely N-dealkylation sites (tertiary alicyclic amines) is 1. The number of aliphatic hydroxyl groups is 1. The minimum absolute atomic E-state index is 0.240. The molecule has 17 heavy (non-hydrogen) atoms. The van der Waals surface area contributed by atoms with Gasteiger partial charge < -0.3 is 9.84 Å². The standard InChI is InChI=1S/C14H19NO2/c16-8-13-7-15(9-14(13)10-17-11-14)6-12-4-2-1-3-5-12/h1-5,13,16H,6-11H2. The van der Waals surface area contributed by atoms with Gasteiger partial charge in [0, 0.05) is 37.6 Å². The van der Waals surface area contributed by atoms with Crippen LogP contribution in [0.4, 0.5) is 0 Å². The molecule has 92 valence electrons. The summed E-state index contributed by atoms with van der Waals surface area (Å²) in [7, 11) is 0. The zero-order chi connectivity index (χ0) is 11.7. The predicted octanol–water partition coefficient (Wildman–Crippen LogP) is 1.13. The second-order valence-corrected chi connectivity index (χ2v) is 5.39. The van der Waals surface area contributed by atoms with Crippen molar-refractivity contribution in [2.75, 3.05) is 32.9 Å². The third-order valence-electron chi connectivity index (χ3n) is 4.13. The molecular formula is C14H19NO2. The van der Waals surface area contributed by atoms with Crippen LogP contribution in [0.25, 0.3) is 0 Å². The largest absolute Gasteiger partial charge is 0.396 e. The Morgan fingerprint density at radius 1 is 1.29 bits per heavy atom. The van der Waals surface area contributed by atoms with E-state index in [0.29, 0.717) is 5.92 Å². The molecule has 0 aromatic heterocycles. The maximum absolute atomic E-state index is 9.47. The van der Waals surface area contributed by atoms with Crippen molar-refractivity contribution >= 4 is 0 Å². The smallest absolute Gasteiger partial charge is 0.0561 e. The number of rotatable bonds is 3. The van der Waals surface area contributed by atoms with Crippen LogP contribution in [0.2, 0.25) is 0 Å². The van der Waals surface area contributed by atoms with Crippen molar-refractivity contribution in [2.24, 2.45) is 11.3 Å². The Balaban J connectivity index is 1.67. The highest BCUT2D eigenvalue weighted by molar-refractivity contribution is 5.15. The third-order valence-corrected chi connectivity index (χ3v) is 4.13. The molecule has 3 nitrogen and oxygen atoms in total. The molecule has 1 N–H and O–H groups in total. The van der Waals surface area contributed by atoms with Gasteiger partial charge in [0.15, 0.2) is 0 Å². The van der Waals surface area contributed by atoms with Crippen LogP contribution in [-0.2, 0) is 11.3 Å². The lowest BCUT2D eigenvalue weighted by Gasteiger charge is -2.41. The second-order valence-electron chi connectivity index (χ2n) is 5.39. The summed E-state index contributed by atoms with van der Waals surface area (Å²) in [6.07, 6.45) is 0. The lowest BCUT2D eigenvalue weighted by atomic mass is 9.77. The first-order valence-electron chi connectivity index (χ1n) is 6.27. The molecule has 0 aliphatic carbocycles. The number of hydrogen-bond donors (Lipinski definition) is 1. The quantitative estimate of drug-likeness (QED) is 0.849.